The van der Waals surface area contributed by atoms with Gasteiger partial charge in [0.1, 0.15) is 0 Å². The largest absolute Gasteiger partial charge is 0.330 e. The number of anilines is 2. The highest BCUT2D eigenvalue weighted by Crippen LogP contribution is 2.19. The predicted octanol–water partition coefficient (Wildman–Crippen LogP) is 1.63. The Bertz CT molecular complexity index is 444. The van der Waals surface area contributed by atoms with Crippen LogP contribution in [-0.4, -0.2) is 18.4 Å². The van der Waals surface area contributed by atoms with Crippen LogP contribution in [-0.2, 0) is 9.59 Å². The van der Waals surface area contributed by atoms with Crippen LogP contribution in [0.2, 0.25) is 0 Å². The van der Waals surface area contributed by atoms with Crippen LogP contribution < -0.4 is 16.4 Å². The molecule has 0 aliphatic heterocycles. The molecule has 0 atom stereocenters. The first-order valence-electron chi connectivity index (χ1n) is 5.91. The van der Waals surface area contributed by atoms with Crippen LogP contribution in [0.5, 0.6) is 0 Å². The summed E-state index contributed by atoms with van der Waals surface area (Å²) in [4.78, 5) is 22.5. The number of nitrogens with two attached hydrogens (primary N) is 1. The van der Waals surface area contributed by atoms with Gasteiger partial charge in [-0.2, -0.15) is 0 Å². The number of benzene rings is 1. The van der Waals surface area contributed by atoms with Crippen LogP contribution in [0.1, 0.15) is 25.3 Å². The molecule has 0 aromatic heterocycles. The molecule has 5 nitrogen and oxygen atoms in total. The third kappa shape index (κ3) is 4.55. The molecule has 2 amide bonds. The second-order valence-electron chi connectivity index (χ2n) is 4.15. The number of hydrogen-bond donors (Lipinski definition) is 3. The molecule has 0 aliphatic rings. The molecular weight excluding hydrogens is 230 g/mol. The number of hydrogen-bond acceptors (Lipinski definition) is 3. The fourth-order valence-corrected chi connectivity index (χ4v) is 1.56. The number of rotatable bonds is 5. The molecule has 1 aromatic carbocycles. The highest BCUT2D eigenvalue weighted by atomic mass is 16.2. The highest BCUT2D eigenvalue weighted by Gasteiger charge is 2.04. The first kappa shape index (κ1) is 14.2. The van der Waals surface area contributed by atoms with Gasteiger partial charge in [0.25, 0.3) is 0 Å². The molecule has 0 aliphatic carbocycles. The van der Waals surface area contributed by atoms with Crippen molar-refractivity contribution < 1.29 is 9.59 Å². The van der Waals surface area contributed by atoms with Crippen LogP contribution in [0.4, 0.5) is 11.4 Å². The standard InChI is InChI=1S/C13H19N3O2/c1-9-8-11(16-13(18)4-3-7-14)5-6-12(9)15-10(2)17/h5-6,8H,3-4,7,14H2,1-2H3,(H,15,17)(H,16,18). The summed E-state index contributed by atoms with van der Waals surface area (Å²) in [5.41, 5.74) is 7.72. The molecule has 0 radical (unpaired) electrons. The number of aryl methyl sites for hydroxylation is 1. The van der Waals surface area contributed by atoms with Crippen molar-refractivity contribution in [1.29, 1.82) is 0 Å². The second kappa shape index (κ2) is 6.76. The molecule has 0 saturated carbocycles. The van der Waals surface area contributed by atoms with Crippen molar-refractivity contribution in [3.8, 4) is 0 Å². The van der Waals surface area contributed by atoms with Crippen LogP contribution in [0, 0.1) is 6.92 Å². The van der Waals surface area contributed by atoms with Gasteiger partial charge in [0.2, 0.25) is 11.8 Å². The van der Waals surface area contributed by atoms with Crippen LogP contribution >= 0.6 is 0 Å². The molecule has 0 heterocycles. The maximum Gasteiger partial charge on any atom is 0.224 e. The maximum absolute atomic E-state index is 11.5. The number of carbonyl (C=O) groups excluding carboxylic acids is 2. The molecule has 0 fully saturated rings. The lowest BCUT2D eigenvalue weighted by atomic mass is 10.1. The van der Waals surface area contributed by atoms with E-state index in [1.807, 2.05) is 13.0 Å². The molecule has 4 N–H and O–H groups in total. The second-order valence-corrected chi connectivity index (χ2v) is 4.15. The molecule has 1 rings (SSSR count). The van der Waals surface area contributed by atoms with Crippen molar-refractivity contribution in [2.45, 2.75) is 26.7 Å². The SMILES string of the molecule is CC(=O)Nc1ccc(NC(=O)CCCN)cc1C. The summed E-state index contributed by atoms with van der Waals surface area (Å²) in [5.74, 6) is -0.162. The monoisotopic (exact) mass is 249 g/mol. The maximum atomic E-state index is 11.5. The minimum absolute atomic E-state index is 0.0490. The first-order chi connectivity index (χ1) is 8.52. The minimum atomic E-state index is -0.113. The average Bonchev–Trinajstić information content (AvgIpc) is 2.29. The van der Waals surface area contributed by atoms with Gasteiger partial charge in [-0.3, -0.25) is 9.59 Å². The van der Waals surface area contributed by atoms with E-state index in [0.717, 1.165) is 16.9 Å². The fraction of sp³-hybridized carbons (Fsp3) is 0.385. The van der Waals surface area contributed by atoms with Gasteiger partial charge in [-0.1, -0.05) is 0 Å². The summed E-state index contributed by atoms with van der Waals surface area (Å²) in [5, 5.41) is 5.51. The Morgan fingerprint density at radius 2 is 2.00 bits per heavy atom. The van der Waals surface area contributed by atoms with Crippen molar-refractivity contribution in [2.75, 3.05) is 17.2 Å². The zero-order chi connectivity index (χ0) is 13.5. The van der Waals surface area contributed by atoms with Gasteiger partial charge in [0, 0.05) is 24.7 Å². The predicted molar refractivity (Wildman–Crippen MR) is 72.4 cm³/mol. The third-order valence-electron chi connectivity index (χ3n) is 2.43. The van der Waals surface area contributed by atoms with Crippen molar-refractivity contribution in [3.63, 3.8) is 0 Å². The van der Waals surface area contributed by atoms with Crippen molar-refractivity contribution >= 4 is 23.2 Å². The normalized spacial score (nSPS) is 9.94. The van der Waals surface area contributed by atoms with E-state index in [1.54, 1.807) is 12.1 Å². The molecule has 0 spiro atoms. The summed E-state index contributed by atoms with van der Waals surface area (Å²) in [6.45, 7) is 3.84. The Balaban J connectivity index is 2.66. The summed E-state index contributed by atoms with van der Waals surface area (Å²) in [7, 11) is 0. The number of carbonyl (C=O) groups is 2. The Hall–Kier alpha value is -1.88. The summed E-state index contributed by atoms with van der Waals surface area (Å²) >= 11 is 0. The number of amides is 2. The van der Waals surface area contributed by atoms with Crippen LogP contribution in [0.15, 0.2) is 18.2 Å². The smallest absolute Gasteiger partial charge is 0.224 e. The highest BCUT2D eigenvalue weighted by molar-refractivity contribution is 5.92. The molecule has 1 aromatic rings. The van der Waals surface area contributed by atoms with Gasteiger partial charge < -0.3 is 16.4 Å². The van der Waals surface area contributed by atoms with Gasteiger partial charge in [-0.05, 0) is 43.7 Å². The van der Waals surface area contributed by atoms with Gasteiger partial charge in [-0.25, -0.2) is 0 Å². The Labute approximate surface area is 107 Å². The average molecular weight is 249 g/mol. The van der Waals surface area contributed by atoms with Crippen molar-refractivity contribution in [2.24, 2.45) is 5.73 Å². The molecule has 0 saturated heterocycles. The van der Waals surface area contributed by atoms with Gasteiger partial charge >= 0.3 is 0 Å². The third-order valence-corrected chi connectivity index (χ3v) is 2.43. The summed E-state index contributed by atoms with van der Waals surface area (Å²) < 4.78 is 0. The Kier molecular flexibility index (Phi) is 5.32. The lowest BCUT2D eigenvalue weighted by Gasteiger charge is -2.10. The molecule has 98 valence electrons. The number of nitrogens with one attached hydrogen (secondary N) is 2. The Morgan fingerprint density at radius 3 is 2.56 bits per heavy atom. The first-order valence-corrected chi connectivity index (χ1v) is 5.91. The zero-order valence-corrected chi connectivity index (χ0v) is 10.7. The van der Waals surface area contributed by atoms with E-state index >= 15 is 0 Å². The van der Waals surface area contributed by atoms with Gasteiger partial charge in [0.15, 0.2) is 0 Å². The molecule has 5 heteroatoms. The van der Waals surface area contributed by atoms with Crippen molar-refractivity contribution in [3.05, 3.63) is 23.8 Å². The molecule has 0 unspecified atom stereocenters. The van der Waals surface area contributed by atoms with Gasteiger partial charge in [0.05, 0.1) is 0 Å². The quantitative estimate of drug-likeness (QED) is 0.741. The molecular formula is C13H19N3O2. The van der Waals surface area contributed by atoms with E-state index in [2.05, 4.69) is 10.6 Å². The topological polar surface area (TPSA) is 84.2 Å². The van der Waals surface area contributed by atoms with E-state index in [0.29, 0.717) is 19.4 Å². The molecule has 0 bridgehead atoms. The fourth-order valence-electron chi connectivity index (χ4n) is 1.56. The summed E-state index contributed by atoms with van der Waals surface area (Å²) in [6, 6.07) is 5.36. The van der Waals surface area contributed by atoms with Gasteiger partial charge in [-0.15, -0.1) is 0 Å². The van der Waals surface area contributed by atoms with E-state index in [-0.39, 0.29) is 11.8 Å². The zero-order valence-electron chi connectivity index (χ0n) is 10.7. The Morgan fingerprint density at radius 1 is 1.28 bits per heavy atom. The van der Waals surface area contributed by atoms with Crippen molar-refractivity contribution in [1.82, 2.24) is 0 Å². The minimum Gasteiger partial charge on any atom is -0.330 e. The lowest BCUT2D eigenvalue weighted by Crippen LogP contribution is -2.14. The van der Waals surface area contributed by atoms with Crippen LogP contribution in [0.3, 0.4) is 0 Å². The molecule has 18 heavy (non-hydrogen) atoms. The van der Waals surface area contributed by atoms with E-state index in [4.69, 9.17) is 5.73 Å². The summed E-state index contributed by atoms with van der Waals surface area (Å²) in [6.07, 6.45) is 1.10. The lowest BCUT2D eigenvalue weighted by molar-refractivity contribution is -0.116. The van der Waals surface area contributed by atoms with E-state index in [9.17, 15) is 9.59 Å². The van der Waals surface area contributed by atoms with E-state index in [1.165, 1.54) is 6.92 Å². The van der Waals surface area contributed by atoms with E-state index < -0.39 is 0 Å². The van der Waals surface area contributed by atoms with Crippen LogP contribution in [0.25, 0.3) is 0 Å².